The molecule has 14 heteroatoms. The number of aliphatic imine (C=N–C) groups is 1. The van der Waals surface area contributed by atoms with Gasteiger partial charge < -0.3 is 16.2 Å². The normalized spacial score (nSPS) is 11.2. The number of benzene rings is 2. The summed E-state index contributed by atoms with van der Waals surface area (Å²) in [6.07, 6.45) is -9.29. The molecule has 0 radical (unpaired) electrons. The molecule has 0 spiro atoms. The molecule has 2 aromatic rings. The summed E-state index contributed by atoms with van der Waals surface area (Å²) in [5.41, 5.74) is 5.91. The van der Waals surface area contributed by atoms with Crippen LogP contribution in [0, 0.1) is 11.6 Å². The van der Waals surface area contributed by atoms with E-state index in [1.54, 1.807) is 0 Å². The van der Waals surface area contributed by atoms with Crippen molar-refractivity contribution >= 4 is 17.8 Å². The van der Waals surface area contributed by atoms with Crippen LogP contribution in [0.5, 0.6) is 0 Å². The van der Waals surface area contributed by atoms with Crippen molar-refractivity contribution in [2.75, 3.05) is 7.11 Å². The number of nitrogens with two attached hydrogens (primary N) is 2. The fourth-order valence-corrected chi connectivity index (χ4v) is 2.01. The molecule has 0 atom stereocenters. The highest BCUT2D eigenvalue weighted by Gasteiger charge is 2.32. The van der Waals surface area contributed by atoms with Gasteiger partial charge in [-0.15, -0.1) is 0 Å². The first kappa shape index (κ1) is 26.3. The number of esters is 1. The van der Waals surface area contributed by atoms with Crippen LogP contribution in [0.2, 0.25) is 0 Å². The van der Waals surface area contributed by atoms with Crippen LogP contribution in [-0.2, 0) is 17.1 Å². The standard InChI is InChI=1S/C9H7F4N3O.C9H6F4O2/c10-6-2-1-4(9(11,12)13)3-5(6)7(17)16-8(14)15;1-15-8(14)6-4-5(9(11,12)13)2-3-7(6)10/h1-3H,(H4,14,15,16,17);2-4H,1H3. The molecule has 0 saturated carbocycles. The molecule has 2 aromatic carbocycles. The van der Waals surface area contributed by atoms with E-state index >= 15 is 0 Å². The minimum Gasteiger partial charge on any atom is -0.465 e. The molecule has 0 aliphatic rings. The molecular formula is C18H13F8N3O3. The van der Waals surface area contributed by atoms with Crippen molar-refractivity contribution in [2.24, 2.45) is 16.5 Å². The number of methoxy groups -OCH3 is 1. The summed E-state index contributed by atoms with van der Waals surface area (Å²) < 4.78 is 104. The second kappa shape index (κ2) is 10.1. The van der Waals surface area contributed by atoms with Crippen molar-refractivity contribution < 1.29 is 49.4 Å². The molecular weight excluding hydrogens is 458 g/mol. The minimum atomic E-state index is -4.68. The van der Waals surface area contributed by atoms with Crippen LogP contribution in [0.3, 0.4) is 0 Å². The lowest BCUT2D eigenvalue weighted by molar-refractivity contribution is -0.138. The molecule has 1 amide bonds. The lowest BCUT2D eigenvalue weighted by Crippen LogP contribution is -2.24. The highest BCUT2D eigenvalue weighted by atomic mass is 19.4. The van der Waals surface area contributed by atoms with Crippen LogP contribution in [0.1, 0.15) is 31.8 Å². The lowest BCUT2D eigenvalue weighted by atomic mass is 10.1. The van der Waals surface area contributed by atoms with Gasteiger partial charge in [0.05, 0.1) is 29.4 Å². The molecule has 0 saturated heterocycles. The van der Waals surface area contributed by atoms with E-state index < -0.39 is 64.1 Å². The molecule has 4 N–H and O–H groups in total. The Morgan fingerprint density at radius 3 is 1.59 bits per heavy atom. The first-order valence-corrected chi connectivity index (χ1v) is 8.03. The second-order valence-corrected chi connectivity index (χ2v) is 5.72. The third kappa shape index (κ3) is 7.21. The fraction of sp³-hybridized carbons (Fsp3) is 0.167. The molecule has 2 rings (SSSR count). The topological polar surface area (TPSA) is 108 Å². The summed E-state index contributed by atoms with van der Waals surface area (Å²) in [5.74, 6) is -5.25. The van der Waals surface area contributed by atoms with Crippen LogP contribution < -0.4 is 11.5 Å². The van der Waals surface area contributed by atoms with Crippen LogP contribution in [0.15, 0.2) is 41.4 Å². The molecule has 0 aromatic heterocycles. The Balaban J connectivity index is 0.000000323. The van der Waals surface area contributed by atoms with Crippen molar-refractivity contribution in [1.82, 2.24) is 0 Å². The van der Waals surface area contributed by atoms with Gasteiger partial charge in [-0.2, -0.15) is 31.3 Å². The van der Waals surface area contributed by atoms with E-state index in [0.29, 0.717) is 36.4 Å². The van der Waals surface area contributed by atoms with Crippen LogP contribution in [0.25, 0.3) is 0 Å². The van der Waals surface area contributed by atoms with E-state index in [1.165, 1.54) is 0 Å². The number of carbonyl (C=O) groups excluding carboxylic acids is 2. The average molecular weight is 471 g/mol. The largest absolute Gasteiger partial charge is 0.465 e. The SMILES string of the molecule is COC(=O)c1cc(C(F)(F)F)ccc1F.NC(N)=NC(=O)c1cc(C(F)(F)F)ccc1F. The van der Waals surface area contributed by atoms with Crippen molar-refractivity contribution in [3.05, 3.63) is 70.3 Å². The van der Waals surface area contributed by atoms with Gasteiger partial charge in [0, 0.05) is 0 Å². The quantitative estimate of drug-likeness (QED) is 0.299. The number of carbonyl (C=O) groups is 2. The van der Waals surface area contributed by atoms with E-state index in [1.807, 2.05) is 0 Å². The number of halogens is 8. The predicted molar refractivity (Wildman–Crippen MR) is 94.3 cm³/mol. The zero-order valence-electron chi connectivity index (χ0n) is 15.8. The summed E-state index contributed by atoms with van der Waals surface area (Å²) in [6.45, 7) is 0. The summed E-state index contributed by atoms with van der Waals surface area (Å²) in [4.78, 5) is 25.0. The zero-order valence-corrected chi connectivity index (χ0v) is 15.8. The average Bonchev–Trinajstić information content (AvgIpc) is 2.66. The summed E-state index contributed by atoms with van der Waals surface area (Å²) >= 11 is 0. The molecule has 32 heavy (non-hydrogen) atoms. The van der Waals surface area contributed by atoms with E-state index in [2.05, 4.69) is 9.73 Å². The second-order valence-electron chi connectivity index (χ2n) is 5.72. The Kier molecular flexibility index (Phi) is 8.28. The van der Waals surface area contributed by atoms with E-state index in [9.17, 15) is 44.7 Å². The smallest absolute Gasteiger partial charge is 0.416 e. The van der Waals surface area contributed by atoms with Gasteiger partial charge in [0.25, 0.3) is 5.91 Å². The van der Waals surface area contributed by atoms with Crippen LogP contribution in [0.4, 0.5) is 35.1 Å². The molecule has 0 aliphatic heterocycles. The van der Waals surface area contributed by atoms with Gasteiger partial charge in [-0.1, -0.05) is 0 Å². The van der Waals surface area contributed by atoms with Gasteiger partial charge in [0.1, 0.15) is 11.6 Å². The Bertz CT molecular complexity index is 1030. The van der Waals surface area contributed by atoms with Crippen molar-refractivity contribution in [3.63, 3.8) is 0 Å². The number of hydrogen-bond acceptors (Lipinski definition) is 3. The molecule has 174 valence electrons. The number of nitrogens with zero attached hydrogens (tertiary/aromatic N) is 1. The van der Waals surface area contributed by atoms with Gasteiger partial charge >= 0.3 is 18.3 Å². The maximum atomic E-state index is 13.1. The van der Waals surface area contributed by atoms with Crippen LogP contribution >= 0.6 is 0 Å². The first-order chi connectivity index (χ1) is 14.6. The first-order valence-electron chi connectivity index (χ1n) is 8.03. The molecule has 0 unspecified atom stereocenters. The van der Waals surface area contributed by atoms with Gasteiger partial charge in [-0.3, -0.25) is 4.79 Å². The van der Waals surface area contributed by atoms with Crippen molar-refractivity contribution in [1.29, 1.82) is 0 Å². The Morgan fingerprint density at radius 1 is 0.812 bits per heavy atom. The summed E-state index contributed by atoms with van der Waals surface area (Å²) in [6, 6.07) is 2.95. The number of alkyl halides is 6. The molecule has 6 nitrogen and oxygen atoms in total. The number of ether oxygens (including phenoxy) is 1. The lowest BCUT2D eigenvalue weighted by Gasteiger charge is -2.08. The fourth-order valence-electron chi connectivity index (χ4n) is 2.01. The maximum Gasteiger partial charge on any atom is 0.416 e. The van der Waals surface area contributed by atoms with Crippen molar-refractivity contribution in [2.45, 2.75) is 12.4 Å². The van der Waals surface area contributed by atoms with Crippen LogP contribution in [-0.4, -0.2) is 24.9 Å². The highest BCUT2D eigenvalue weighted by Crippen LogP contribution is 2.31. The third-order valence-corrected chi connectivity index (χ3v) is 3.45. The number of rotatable bonds is 2. The molecule has 0 heterocycles. The third-order valence-electron chi connectivity index (χ3n) is 3.45. The van der Waals surface area contributed by atoms with E-state index in [0.717, 1.165) is 7.11 Å². The maximum absolute atomic E-state index is 13.1. The van der Waals surface area contributed by atoms with E-state index in [-0.39, 0.29) is 0 Å². The zero-order chi connectivity index (χ0) is 24.9. The van der Waals surface area contributed by atoms with Crippen molar-refractivity contribution in [3.8, 4) is 0 Å². The molecule has 0 aliphatic carbocycles. The monoisotopic (exact) mass is 471 g/mol. The predicted octanol–water partition coefficient (Wildman–Crippen LogP) is 3.89. The Hall–Kier alpha value is -3.71. The minimum absolute atomic E-state index is 0.351. The Morgan fingerprint density at radius 2 is 1.22 bits per heavy atom. The molecule has 0 fully saturated rings. The summed E-state index contributed by atoms with van der Waals surface area (Å²) in [5, 5.41) is 0. The summed E-state index contributed by atoms with van der Waals surface area (Å²) in [7, 11) is 0.960. The van der Waals surface area contributed by atoms with E-state index in [4.69, 9.17) is 11.5 Å². The van der Waals surface area contributed by atoms with Gasteiger partial charge in [0.2, 0.25) is 0 Å². The van der Waals surface area contributed by atoms with Gasteiger partial charge in [-0.05, 0) is 36.4 Å². The van der Waals surface area contributed by atoms with Gasteiger partial charge in [0.15, 0.2) is 5.96 Å². The Labute approximate surface area is 174 Å². The van der Waals surface area contributed by atoms with Gasteiger partial charge in [-0.25, -0.2) is 13.6 Å². The number of hydrogen-bond donors (Lipinski definition) is 2. The number of guanidine groups is 1. The number of amides is 1. The molecule has 0 bridgehead atoms. The highest BCUT2D eigenvalue weighted by molar-refractivity contribution is 6.02.